The summed E-state index contributed by atoms with van der Waals surface area (Å²) in [5, 5.41) is 13.4. The molecule has 0 aromatic heterocycles. The molecule has 7 nitrogen and oxygen atoms in total. The van der Waals surface area contributed by atoms with E-state index in [0.717, 1.165) is 0 Å². The quantitative estimate of drug-likeness (QED) is 0.502. The van der Waals surface area contributed by atoms with Crippen molar-refractivity contribution in [2.24, 2.45) is 0 Å². The van der Waals surface area contributed by atoms with Crippen LogP contribution in [0.15, 0.2) is 24.8 Å². The van der Waals surface area contributed by atoms with Crippen molar-refractivity contribution in [3.63, 3.8) is 0 Å². The minimum atomic E-state index is -0.703. The predicted molar refractivity (Wildman–Crippen MR) is 69.8 cm³/mol. The molecule has 0 unspecified atom stereocenters. The third-order valence-electron chi connectivity index (χ3n) is 2.25. The minimum absolute atomic E-state index is 0.202. The molecule has 0 bridgehead atoms. The summed E-state index contributed by atoms with van der Waals surface area (Å²) in [7, 11) is 1.20. The number of amides is 1. The van der Waals surface area contributed by atoms with E-state index in [2.05, 4.69) is 16.6 Å². The van der Waals surface area contributed by atoms with Gasteiger partial charge in [0.25, 0.3) is 5.69 Å². The number of benzene rings is 1. The summed E-state index contributed by atoms with van der Waals surface area (Å²) < 4.78 is 9.56. The molecule has 0 saturated heterocycles. The van der Waals surface area contributed by atoms with E-state index in [1.165, 1.54) is 25.3 Å². The van der Waals surface area contributed by atoms with Crippen LogP contribution in [0.5, 0.6) is 0 Å². The molecule has 1 amide bonds. The molecule has 0 atom stereocenters. The zero-order chi connectivity index (χ0) is 14.4. The Labute approximate surface area is 110 Å². The average molecular weight is 266 g/mol. The van der Waals surface area contributed by atoms with Gasteiger partial charge in [-0.15, -0.1) is 0 Å². The predicted octanol–water partition coefficient (Wildman–Crippen LogP) is 2.78. The van der Waals surface area contributed by atoms with E-state index in [9.17, 15) is 14.9 Å². The smallest absolute Gasteiger partial charge is 0.411 e. The van der Waals surface area contributed by atoms with E-state index in [4.69, 9.17) is 4.74 Å². The van der Waals surface area contributed by atoms with Crippen LogP contribution in [-0.4, -0.2) is 24.7 Å². The highest BCUT2D eigenvalue weighted by molar-refractivity contribution is 5.86. The van der Waals surface area contributed by atoms with Gasteiger partial charge >= 0.3 is 6.09 Å². The molecule has 0 saturated carbocycles. The van der Waals surface area contributed by atoms with Gasteiger partial charge in [-0.05, 0) is 19.1 Å². The number of methoxy groups -OCH3 is 1. The lowest BCUT2D eigenvalue weighted by Gasteiger charge is -2.09. The van der Waals surface area contributed by atoms with Crippen LogP contribution in [0.25, 0.3) is 5.76 Å². The number of hydrogen-bond acceptors (Lipinski definition) is 5. The van der Waals surface area contributed by atoms with Crippen LogP contribution in [0.1, 0.15) is 12.5 Å². The first-order chi connectivity index (χ1) is 8.99. The van der Waals surface area contributed by atoms with E-state index < -0.39 is 11.0 Å². The Kier molecular flexibility index (Phi) is 4.87. The zero-order valence-electron chi connectivity index (χ0n) is 10.6. The fourth-order valence-corrected chi connectivity index (χ4v) is 1.42. The van der Waals surface area contributed by atoms with Crippen molar-refractivity contribution < 1.29 is 19.2 Å². The molecule has 0 radical (unpaired) electrons. The van der Waals surface area contributed by atoms with Gasteiger partial charge < -0.3 is 9.47 Å². The topological polar surface area (TPSA) is 90.7 Å². The van der Waals surface area contributed by atoms with Crippen LogP contribution in [0.3, 0.4) is 0 Å². The highest BCUT2D eigenvalue weighted by Crippen LogP contribution is 2.28. The van der Waals surface area contributed by atoms with Crippen molar-refractivity contribution in [3.05, 3.63) is 40.5 Å². The Hall–Kier alpha value is -2.57. The van der Waals surface area contributed by atoms with Crippen molar-refractivity contribution >= 4 is 23.2 Å². The first kappa shape index (κ1) is 14.5. The maximum atomic E-state index is 11.0. The summed E-state index contributed by atoms with van der Waals surface area (Å²) in [4.78, 5) is 21.5. The van der Waals surface area contributed by atoms with Gasteiger partial charge in [-0.25, -0.2) is 4.79 Å². The normalized spacial score (nSPS) is 9.58. The standard InChI is InChI=1S/C12H14N2O5/c1-4-19-8(2)10-6-5-9(13-12(15)18-3)7-11(10)14(16)17/h5-7H,2,4H2,1,3H3,(H,13,15). The summed E-state index contributed by atoms with van der Waals surface area (Å²) >= 11 is 0. The molecule has 0 aliphatic heterocycles. The number of anilines is 1. The number of ether oxygens (including phenoxy) is 2. The fraction of sp³-hybridized carbons (Fsp3) is 0.250. The van der Waals surface area contributed by atoms with Crippen LogP contribution in [0.2, 0.25) is 0 Å². The number of nitrogens with one attached hydrogen (secondary N) is 1. The van der Waals surface area contributed by atoms with Gasteiger partial charge in [-0.1, -0.05) is 6.58 Å². The molecule has 102 valence electrons. The van der Waals surface area contributed by atoms with E-state index in [-0.39, 0.29) is 22.7 Å². The van der Waals surface area contributed by atoms with E-state index >= 15 is 0 Å². The third-order valence-corrected chi connectivity index (χ3v) is 2.25. The molecule has 0 heterocycles. The van der Waals surface area contributed by atoms with Crippen LogP contribution in [0, 0.1) is 10.1 Å². The molecule has 0 spiro atoms. The number of nitrogens with zero attached hydrogens (tertiary/aromatic N) is 1. The van der Waals surface area contributed by atoms with Crippen molar-refractivity contribution in [1.82, 2.24) is 0 Å². The Bertz CT molecular complexity index is 513. The van der Waals surface area contributed by atoms with Crippen molar-refractivity contribution in [2.45, 2.75) is 6.92 Å². The Morgan fingerprint density at radius 2 is 2.21 bits per heavy atom. The number of rotatable bonds is 5. The zero-order valence-corrected chi connectivity index (χ0v) is 10.6. The number of carbonyl (C=O) groups excluding carboxylic acids is 1. The molecule has 1 N–H and O–H groups in total. The second kappa shape index (κ2) is 6.39. The number of carbonyl (C=O) groups is 1. The molecule has 0 aliphatic rings. The van der Waals surface area contributed by atoms with Gasteiger partial charge in [0.15, 0.2) is 0 Å². The van der Waals surface area contributed by atoms with E-state index in [1.807, 2.05) is 0 Å². The van der Waals surface area contributed by atoms with E-state index in [0.29, 0.717) is 6.61 Å². The Morgan fingerprint density at radius 3 is 2.74 bits per heavy atom. The van der Waals surface area contributed by atoms with Crippen molar-refractivity contribution in [2.75, 3.05) is 19.0 Å². The maximum Gasteiger partial charge on any atom is 0.411 e. The lowest BCUT2D eigenvalue weighted by molar-refractivity contribution is -0.385. The largest absolute Gasteiger partial charge is 0.494 e. The molecule has 1 aromatic rings. The monoisotopic (exact) mass is 266 g/mol. The molecular formula is C12H14N2O5. The summed E-state index contributed by atoms with van der Waals surface area (Å²) in [6.07, 6.45) is -0.703. The SMILES string of the molecule is C=C(OCC)c1ccc(NC(=O)OC)cc1[N+](=O)[O-]. The average Bonchev–Trinajstić information content (AvgIpc) is 2.38. The lowest BCUT2D eigenvalue weighted by atomic mass is 10.1. The summed E-state index contributed by atoms with van der Waals surface area (Å²) in [6.45, 7) is 5.74. The molecule has 7 heteroatoms. The van der Waals surface area contributed by atoms with Gasteiger partial charge in [0.05, 0.1) is 29.9 Å². The van der Waals surface area contributed by atoms with Crippen molar-refractivity contribution in [1.29, 1.82) is 0 Å². The molecule has 1 aromatic carbocycles. The highest BCUT2D eigenvalue weighted by atomic mass is 16.6. The van der Waals surface area contributed by atoms with E-state index in [1.54, 1.807) is 6.92 Å². The summed E-state index contributed by atoms with van der Waals surface area (Å²) in [6, 6.07) is 4.18. The molecular weight excluding hydrogens is 252 g/mol. The Morgan fingerprint density at radius 1 is 1.53 bits per heavy atom. The lowest BCUT2D eigenvalue weighted by Crippen LogP contribution is -2.11. The second-order valence-electron chi connectivity index (χ2n) is 3.46. The Balaban J connectivity index is 3.11. The first-order valence-electron chi connectivity index (χ1n) is 5.45. The van der Waals surface area contributed by atoms with Gasteiger partial charge in [0.2, 0.25) is 0 Å². The molecule has 0 aliphatic carbocycles. The van der Waals surface area contributed by atoms with Crippen LogP contribution in [0.4, 0.5) is 16.2 Å². The molecule has 0 fully saturated rings. The highest BCUT2D eigenvalue weighted by Gasteiger charge is 2.18. The summed E-state index contributed by atoms with van der Waals surface area (Å²) in [5.74, 6) is 0.207. The fourth-order valence-electron chi connectivity index (χ4n) is 1.42. The summed E-state index contributed by atoms with van der Waals surface area (Å²) in [5.41, 5.74) is 0.321. The number of nitro benzene ring substituents is 1. The van der Waals surface area contributed by atoms with Gasteiger partial charge in [0.1, 0.15) is 5.76 Å². The first-order valence-corrected chi connectivity index (χ1v) is 5.45. The number of hydrogen-bond donors (Lipinski definition) is 1. The van der Waals surface area contributed by atoms with Crippen LogP contribution < -0.4 is 5.32 Å². The second-order valence-corrected chi connectivity index (χ2v) is 3.46. The van der Waals surface area contributed by atoms with Gasteiger partial charge in [-0.3, -0.25) is 15.4 Å². The van der Waals surface area contributed by atoms with Crippen LogP contribution >= 0.6 is 0 Å². The van der Waals surface area contributed by atoms with Gasteiger partial charge in [-0.2, -0.15) is 0 Å². The van der Waals surface area contributed by atoms with Gasteiger partial charge in [0, 0.05) is 6.07 Å². The number of nitro groups is 1. The molecule has 19 heavy (non-hydrogen) atoms. The van der Waals surface area contributed by atoms with Crippen LogP contribution in [-0.2, 0) is 9.47 Å². The van der Waals surface area contributed by atoms with Crippen molar-refractivity contribution in [3.8, 4) is 0 Å². The minimum Gasteiger partial charge on any atom is -0.494 e. The maximum absolute atomic E-state index is 11.0. The molecule has 1 rings (SSSR count). The third kappa shape index (κ3) is 3.70.